The molecule has 0 aliphatic carbocycles. The van der Waals surface area contributed by atoms with Gasteiger partial charge in [-0.2, -0.15) is 5.26 Å². The van der Waals surface area contributed by atoms with Gasteiger partial charge in [-0.05, 0) is 62.3 Å². The Bertz CT molecular complexity index is 1350. The Labute approximate surface area is 206 Å². The summed E-state index contributed by atoms with van der Waals surface area (Å²) in [5.41, 5.74) is 5.55. The molecule has 7 nitrogen and oxygen atoms in total. The minimum Gasteiger partial charge on any atom is -0.491 e. The molecule has 1 aliphatic heterocycles. The van der Waals surface area contributed by atoms with Gasteiger partial charge in [-0.3, -0.25) is 4.40 Å². The van der Waals surface area contributed by atoms with Crippen LogP contribution in [0.3, 0.4) is 0 Å². The van der Waals surface area contributed by atoms with Gasteiger partial charge in [-0.15, -0.1) is 0 Å². The number of fused-ring (bicyclic) bond motifs is 1. The molecule has 1 fully saturated rings. The molecule has 7 heteroatoms. The van der Waals surface area contributed by atoms with E-state index in [1.165, 1.54) is 12.8 Å². The summed E-state index contributed by atoms with van der Waals surface area (Å²) >= 11 is 0. The summed E-state index contributed by atoms with van der Waals surface area (Å²) in [5.74, 6) is 2.22. The number of aromatic nitrogens is 3. The predicted octanol–water partition coefficient (Wildman–Crippen LogP) is 4.72. The van der Waals surface area contributed by atoms with Crippen LogP contribution in [0.2, 0.25) is 0 Å². The molecule has 1 atom stereocenters. The van der Waals surface area contributed by atoms with Crippen LogP contribution in [-0.4, -0.2) is 60.1 Å². The van der Waals surface area contributed by atoms with Crippen LogP contribution in [0.15, 0.2) is 61.2 Å². The van der Waals surface area contributed by atoms with Gasteiger partial charge < -0.3 is 14.5 Å². The van der Waals surface area contributed by atoms with Gasteiger partial charge in [0.15, 0.2) is 0 Å². The van der Waals surface area contributed by atoms with Crippen molar-refractivity contribution in [3.8, 4) is 34.2 Å². The van der Waals surface area contributed by atoms with Crippen LogP contribution in [0.25, 0.3) is 27.9 Å². The van der Waals surface area contributed by atoms with Gasteiger partial charge in [0.25, 0.3) is 0 Å². The largest absolute Gasteiger partial charge is 0.491 e. The highest BCUT2D eigenvalue weighted by Gasteiger charge is 2.21. The molecular formula is C28H30N6O. The average Bonchev–Trinajstić information content (AvgIpc) is 3.37. The van der Waals surface area contributed by atoms with Crippen molar-refractivity contribution in [2.75, 3.05) is 45.7 Å². The zero-order valence-electron chi connectivity index (χ0n) is 20.5. The molecule has 178 valence electrons. The van der Waals surface area contributed by atoms with Gasteiger partial charge >= 0.3 is 0 Å². The van der Waals surface area contributed by atoms with Crippen molar-refractivity contribution < 1.29 is 4.74 Å². The minimum absolute atomic E-state index is 0.512. The van der Waals surface area contributed by atoms with E-state index in [4.69, 9.17) is 4.74 Å². The fraction of sp³-hybridized carbons (Fsp3) is 0.321. The number of ether oxygens (including phenoxy) is 1. The third kappa shape index (κ3) is 4.71. The molecule has 1 aliphatic rings. The third-order valence-corrected chi connectivity index (χ3v) is 6.66. The molecule has 3 aromatic heterocycles. The molecule has 0 radical (unpaired) electrons. The Morgan fingerprint density at radius 2 is 1.91 bits per heavy atom. The lowest BCUT2D eigenvalue weighted by Crippen LogP contribution is -2.34. The maximum atomic E-state index is 9.27. The smallest absolute Gasteiger partial charge is 0.145 e. The third-order valence-electron chi connectivity index (χ3n) is 6.66. The van der Waals surface area contributed by atoms with Crippen molar-refractivity contribution in [3.05, 3.63) is 66.7 Å². The molecule has 1 aromatic carbocycles. The molecule has 0 amide bonds. The maximum absolute atomic E-state index is 9.27. The zero-order valence-corrected chi connectivity index (χ0v) is 20.5. The summed E-state index contributed by atoms with van der Waals surface area (Å²) in [5, 5.41) is 9.27. The number of benzene rings is 1. The van der Waals surface area contributed by atoms with E-state index in [0.717, 1.165) is 52.6 Å². The van der Waals surface area contributed by atoms with Gasteiger partial charge in [0.2, 0.25) is 0 Å². The van der Waals surface area contributed by atoms with Crippen LogP contribution < -0.4 is 9.64 Å². The van der Waals surface area contributed by atoms with Crippen molar-refractivity contribution in [2.24, 2.45) is 5.92 Å². The van der Waals surface area contributed by atoms with E-state index in [1.807, 2.05) is 68.0 Å². The molecule has 0 N–H and O–H groups in total. The number of nitrogens with zero attached hydrogens (tertiary/aromatic N) is 6. The lowest BCUT2D eigenvalue weighted by atomic mass is 9.98. The normalized spacial score (nSPS) is 16.2. The maximum Gasteiger partial charge on any atom is 0.145 e. The van der Waals surface area contributed by atoms with E-state index in [9.17, 15) is 5.26 Å². The van der Waals surface area contributed by atoms with E-state index >= 15 is 0 Å². The highest BCUT2D eigenvalue weighted by Crippen LogP contribution is 2.38. The Kier molecular flexibility index (Phi) is 6.39. The molecular weight excluding hydrogens is 436 g/mol. The van der Waals surface area contributed by atoms with Gasteiger partial charge in [-0.25, -0.2) is 9.97 Å². The first-order valence-corrected chi connectivity index (χ1v) is 12.0. The molecule has 0 bridgehead atoms. The number of hydrogen-bond acceptors (Lipinski definition) is 6. The van der Waals surface area contributed by atoms with Gasteiger partial charge in [0.05, 0.1) is 36.5 Å². The topological polar surface area (TPSA) is 69.7 Å². The van der Waals surface area contributed by atoms with E-state index in [2.05, 4.69) is 44.5 Å². The molecule has 4 heterocycles. The number of rotatable bonds is 6. The summed E-state index contributed by atoms with van der Waals surface area (Å²) in [4.78, 5) is 13.5. The molecule has 1 saturated heterocycles. The summed E-state index contributed by atoms with van der Waals surface area (Å²) in [7, 11) is 6.14. The number of pyridine rings is 2. The molecule has 0 unspecified atom stereocenters. The molecule has 0 saturated carbocycles. The van der Waals surface area contributed by atoms with Crippen LogP contribution in [-0.2, 0) is 0 Å². The molecule has 5 rings (SSSR count). The first-order valence-electron chi connectivity index (χ1n) is 12.0. The Morgan fingerprint density at radius 3 is 2.60 bits per heavy atom. The summed E-state index contributed by atoms with van der Waals surface area (Å²) in [6.07, 6.45) is 7.98. The Morgan fingerprint density at radius 1 is 1.11 bits per heavy atom. The lowest BCUT2D eigenvalue weighted by molar-refractivity contribution is 0.151. The SMILES string of the molecule is CN1CCC[C@@H](COc2cc(-c3ccc(C#N)cc3)c(-c3ccc(N(C)C)nc3)n3cncc23)C1. The van der Waals surface area contributed by atoms with Crippen LogP contribution >= 0.6 is 0 Å². The van der Waals surface area contributed by atoms with Crippen LogP contribution in [0.1, 0.15) is 18.4 Å². The van der Waals surface area contributed by atoms with Gasteiger partial charge in [-0.1, -0.05) is 12.1 Å². The van der Waals surface area contributed by atoms with E-state index in [-0.39, 0.29) is 0 Å². The standard InChI is InChI=1S/C28H30N6O/c1-32(2)27-11-10-23(15-31-27)28-24(22-8-6-20(14-29)7-9-22)13-26(25-16-30-19-34(25)28)35-18-21-5-4-12-33(3)17-21/h6-11,13,15-16,19,21H,4-5,12,17-18H2,1-3H3/t21-/m1/s1. The van der Waals surface area contributed by atoms with Crippen LogP contribution in [0, 0.1) is 17.2 Å². The van der Waals surface area contributed by atoms with Crippen molar-refractivity contribution in [1.29, 1.82) is 5.26 Å². The molecule has 0 spiro atoms. The second-order valence-electron chi connectivity index (χ2n) is 9.49. The molecule has 35 heavy (non-hydrogen) atoms. The van der Waals surface area contributed by atoms with E-state index < -0.39 is 0 Å². The minimum atomic E-state index is 0.512. The lowest BCUT2D eigenvalue weighted by Gasteiger charge is -2.29. The molecule has 4 aromatic rings. The first-order chi connectivity index (χ1) is 17.0. The number of anilines is 1. The van der Waals surface area contributed by atoms with E-state index in [0.29, 0.717) is 18.1 Å². The quantitative estimate of drug-likeness (QED) is 0.410. The number of likely N-dealkylation sites (tertiary alicyclic amines) is 1. The van der Waals surface area contributed by atoms with Crippen molar-refractivity contribution >= 4 is 11.3 Å². The fourth-order valence-electron chi connectivity index (χ4n) is 4.82. The Hall–Kier alpha value is -3.89. The number of hydrogen-bond donors (Lipinski definition) is 0. The van der Waals surface area contributed by atoms with Crippen molar-refractivity contribution in [3.63, 3.8) is 0 Å². The fourth-order valence-corrected chi connectivity index (χ4v) is 4.82. The number of piperidine rings is 1. The highest BCUT2D eigenvalue weighted by atomic mass is 16.5. The number of nitriles is 1. The Balaban J connectivity index is 1.61. The summed E-state index contributed by atoms with van der Waals surface area (Å²) in [6, 6.07) is 16.1. The van der Waals surface area contributed by atoms with Crippen molar-refractivity contribution in [1.82, 2.24) is 19.3 Å². The van der Waals surface area contributed by atoms with E-state index in [1.54, 1.807) is 0 Å². The van der Waals surface area contributed by atoms with Gasteiger partial charge in [0.1, 0.15) is 17.1 Å². The number of imidazole rings is 1. The second kappa shape index (κ2) is 9.77. The first kappa shape index (κ1) is 22.9. The highest BCUT2D eigenvalue weighted by molar-refractivity contribution is 5.86. The van der Waals surface area contributed by atoms with Crippen LogP contribution in [0.5, 0.6) is 5.75 Å². The predicted molar refractivity (Wildman–Crippen MR) is 139 cm³/mol. The van der Waals surface area contributed by atoms with Crippen LogP contribution in [0.4, 0.5) is 5.82 Å². The zero-order chi connectivity index (χ0) is 24.4. The summed E-state index contributed by atoms with van der Waals surface area (Å²) < 4.78 is 8.54. The second-order valence-corrected chi connectivity index (χ2v) is 9.49. The van der Waals surface area contributed by atoms with Gasteiger partial charge in [0, 0.05) is 43.9 Å². The average molecular weight is 467 g/mol. The monoisotopic (exact) mass is 466 g/mol. The summed E-state index contributed by atoms with van der Waals surface area (Å²) in [6.45, 7) is 2.89. The van der Waals surface area contributed by atoms with Crippen molar-refractivity contribution in [2.45, 2.75) is 12.8 Å².